The number of carbonyl (C=O) groups is 2. The minimum atomic E-state index is -0.945. The summed E-state index contributed by atoms with van der Waals surface area (Å²) in [6.45, 7) is 3.15. The molecule has 1 saturated heterocycles. The number of hydrogen-bond acceptors (Lipinski definition) is 3. The average molecular weight is 319 g/mol. The summed E-state index contributed by atoms with van der Waals surface area (Å²) in [4.78, 5) is 24.2. The normalized spacial score (nSPS) is 18.9. The largest absolute Gasteiger partial charge is 0.361 e. The van der Waals surface area contributed by atoms with Gasteiger partial charge in [0.05, 0.1) is 0 Å². The fourth-order valence-corrected chi connectivity index (χ4v) is 2.72. The highest BCUT2D eigenvalue weighted by molar-refractivity contribution is 6.34. The van der Waals surface area contributed by atoms with E-state index in [1.165, 1.54) is 12.1 Å². The van der Waals surface area contributed by atoms with Crippen LogP contribution in [-0.2, 0) is 9.59 Å². The Bertz CT molecular complexity index is 572. The Kier molecular flexibility index (Phi) is 6.29. The maximum atomic E-state index is 12.8. The number of nitrogens with two attached hydrogens (primary N) is 1. The lowest BCUT2D eigenvalue weighted by Gasteiger charge is -2.31. The minimum Gasteiger partial charge on any atom is -0.361 e. The number of halogens is 1. The lowest BCUT2D eigenvalue weighted by Crippen LogP contribution is -2.43. The maximum absolute atomic E-state index is 12.8. The first kappa shape index (κ1) is 17.1. The number of amides is 2. The molecule has 1 unspecified atom stereocenters. The summed E-state index contributed by atoms with van der Waals surface area (Å²) in [5.74, 6) is -1.58. The molecule has 23 heavy (non-hydrogen) atoms. The van der Waals surface area contributed by atoms with Crippen LogP contribution in [0.5, 0.6) is 0 Å². The lowest BCUT2D eigenvalue weighted by atomic mass is 9.98. The van der Waals surface area contributed by atoms with E-state index in [0.717, 1.165) is 38.0 Å². The Morgan fingerprint density at radius 3 is 2.78 bits per heavy atom. The van der Waals surface area contributed by atoms with Gasteiger partial charge in [-0.25, -0.2) is 4.39 Å². The van der Waals surface area contributed by atoms with Crippen molar-refractivity contribution in [1.82, 2.24) is 10.2 Å². The maximum Gasteiger partial charge on any atom is 0.309 e. The van der Waals surface area contributed by atoms with Gasteiger partial charge < -0.3 is 11.1 Å². The molecule has 124 valence electrons. The monoisotopic (exact) mass is 319 g/mol. The molecule has 3 N–H and O–H groups in total. The molecule has 0 bridgehead atoms. The Morgan fingerprint density at radius 1 is 1.35 bits per heavy atom. The van der Waals surface area contributed by atoms with Gasteiger partial charge in [-0.05, 0) is 43.0 Å². The van der Waals surface area contributed by atoms with E-state index in [4.69, 9.17) is 5.73 Å². The molecule has 2 amide bonds. The molecule has 0 radical (unpaired) electrons. The van der Waals surface area contributed by atoms with Crippen LogP contribution in [0.4, 0.5) is 4.39 Å². The molecule has 2 rings (SSSR count). The fourth-order valence-electron chi connectivity index (χ4n) is 2.72. The van der Waals surface area contributed by atoms with Gasteiger partial charge in [-0.15, -0.1) is 0 Å². The number of nitrogens with zero attached hydrogens (tertiary/aromatic N) is 1. The van der Waals surface area contributed by atoms with Crippen molar-refractivity contribution in [3.63, 3.8) is 0 Å². The highest BCUT2D eigenvalue weighted by Gasteiger charge is 2.20. The van der Waals surface area contributed by atoms with Crippen LogP contribution < -0.4 is 11.1 Å². The standard InChI is InChI=1S/C17H22FN3O2/c18-15-7-5-13(6-8-15)3-1-9-21-10-2-4-14(12-21)11-20-17(23)16(19)22/h1,3,5-8,14H,2,4,9-12H2,(H2,19,22)(H,20,23). The number of benzene rings is 1. The van der Waals surface area contributed by atoms with Crippen LogP contribution in [-0.4, -0.2) is 42.9 Å². The van der Waals surface area contributed by atoms with Crippen molar-refractivity contribution in [3.05, 3.63) is 41.7 Å². The van der Waals surface area contributed by atoms with E-state index < -0.39 is 11.8 Å². The SMILES string of the molecule is NC(=O)C(=O)NCC1CCCN(CC=Cc2ccc(F)cc2)C1. The van der Waals surface area contributed by atoms with Crippen LogP contribution in [0.15, 0.2) is 30.3 Å². The van der Waals surface area contributed by atoms with Gasteiger partial charge in [-0.3, -0.25) is 14.5 Å². The zero-order chi connectivity index (χ0) is 16.7. The summed E-state index contributed by atoms with van der Waals surface area (Å²) in [6, 6.07) is 6.37. The quantitative estimate of drug-likeness (QED) is 0.800. The first-order valence-electron chi connectivity index (χ1n) is 7.76. The van der Waals surface area contributed by atoms with Crippen molar-refractivity contribution >= 4 is 17.9 Å². The van der Waals surface area contributed by atoms with Crippen LogP contribution in [0, 0.1) is 11.7 Å². The molecule has 1 aromatic rings. The fraction of sp³-hybridized carbons (Fsp3) is 0.412. The van der Waals surface area contributed by atoms with Gasteiger partial charge in [0.15, 0.2) is 0 Å². The molecule has 1 aromatic carbocycles. The van der Waals surface area contributed by atoms with Crippen molar-refractivity contribution in [2.75, 3.05) is 26.2 Å². The number of hydrogen-bond donors (Lipinski definition) is 2. The summed E-state index contributed by atoms with van der Waals surface area (Å²) in [5, 5.41) is 2.57. The average Bonchev–Trinajstić information content (AvgIpc) is 2.55. The predicted octanol–water partition coefficient (Wildman–Crippen LogP) is 1.15. The van der Waals surface area contributed by atoms with Crippen molar-refractivity contribution < 1.29 is 14.0 Å². The van der Waals surface area contributed by atoms with Crippen LogP contribution in [0.3, 0.4) is 0 Å². The first-order valence-corrected chi connectivity index (χ1v) is 7.76. The van der Waals surface area contributed by atoms with Crippen molar-refractivity contribution in [2.24, 2.45) is 11.7 Å². The number of carbonyl (C=O) groups excluding carboxylic acids is 2. The van der Waals surface area contributed by atoms with Gasteiger partial charge in [0.25, 0.3) is 0 Å². The molecule has 1 fully saturated rings. The second-order valence-corrected chi connectivity index (χ2v) is 5.80. The molecule has 6 heteroatoms. The van der Waals surface area contributed by atoms with Crippen LogP contribution in [0.2, 0.25) is 0 Å². The number of rotatable bonds is 5. The summed E-state index contributed by atoms with van der Waals surface area (Å²) in [5.41, 5.74) is 5.88. The Hall–Kier alpha value is -2.21. The molecule has 1 atom stereocenters. The summed E-state index contributed by atoms with van der Waals surface area (Å²) in [6.07, 6.45) is 6.11. The van der Waals surface area contributed by atoms with Crippen LogP contribution in [0.1, 0.15) is 18.4 Å². The van der Waals surface area contributed by atoms with Crippen LogP contribution >= 0.6 is 0 Å². The van der Waals surface area contributed by atoms with E-state index in [-0.39, 0.29) is 5.82 Å². The van der Waals surface area contributed by atoms with E-state index in [2.05, 4.69) is 16.3 Å². The Balaban J connectivity index is 1.76. The van der Waals surface area contributed by atoms with Crippen molar-refractivity contribution in [3.8, 4) is 0 Å². The second-order valence-electron chi connectivity index (χ2n) is 5.80. The van der Waals surface area contributed by atoms with Gasteiger partial charge in [-0.1, -0.05) is 24.3 Å². The lowest BCUT2D eigenvalue weighted by molar-refractivity contribution is -0.137. The van der Waals surface area contributed by atoms with Crippen molar-refractivity contribution in [2.45, 2.75) is 12.8 Å². The number of piperidine rings is 1. The van der Waals surface area contributed by atoms with Gasteiger partial charge in [0, 0.05) is 19.6 Å². The molecule has 1 aliphatic rings. The van der Waals surface area contributed by atoms with E-state index in [9.17, 15) is 14.0 Å². The third-order valence-corrected chi connectivity index (χ3v) is 3.92. The molecule has 0 aliphatic carbocycles. The van der Waals surface area contributed by atoms with Gasteiger partial charge >= 0.3 is 11.8 Å². The summed E-state index contributed by atoms with van der Waals surface area (Å²) < 4.78 is 12.8. The third-order valence-electron chi connectivity index (χ3n) is 3.92. The number of primary amides is 1. The van der Waals surface area contributed by atoms with E-state index in [1.54, 1.807) is 12.1 Å². The zero-order valence-electron chi connectivity index (χ0n) is 13.0. The third kappa shape index (κ3) is 5.83. The van der Waals surface area contributed by atoms with E-state index in [0.29, 0.717) is 12.5 Å². The summed E-state index contributed by atoms with van der Waals surface area (Å²) in [7, 11) is 0. The molecular formula is C17H22FN3O2. The molecule has 0 saturated carbocycles. The molecule has 5 nitrogen and oxygen atoms in total. The highest BCUT2D eigenvalue weighted by Crippen LogP contribution is 2.15. The number of nitrogens with one attached hydrogen (secondary N) is 1. The molecule has 0 spiro atoms. The predicted molar refractivity (Wildman–Crippen MR) is 86.8 cm³/mol. The second kappa shape index (κ2) is 8.43. The number of likely N-dealkylation sites (tertiary alicyclic amines) is 1. The van der Waals surface area contributed by atoms with E-state index in [1.807, 2.05) is 6.08 Å². The van der Waals surface area contributed by atoms with Gasteiger partial charge in [-0.2, -0.15) is 0 Å². The molecular weight excluding hydrogens is 297 g/mol. The van der Waals surface area contributed by atoms with Crippen molar-refractivity contribution in [1.29, 1.82) is 0 Å². The molecule has 1 aliphatic heterocycles. The molecule has 1 heterocycles. The first-order chi connectivity index (χ1) is 11.0. The molecule has 0 aromatic heterocycles. The van der Waals surface area contributed by atoms with E-state index >= 15 is 0 Å². The topological polar surface area (TPSA) is 75.4 Å². The smallest absolute Gasteiger partial charge is 0.309 e. The zero-order valence-corrected chi connectivity index (χ0v) is 13.0. The van der Waals surface area contributed by atoms with Gasteiger partial charge in [0.1, 0.15) is 5.82 Å². The van der Waals surface area contributed by atoms with Crippen LogP contribution in [0.25, 0.3) is 6.08 Å². The minimum absolute atomic E-state index is 0.237. The highest BCUT2D eigenvalue weighted by atomic mass is 19.1. The Labute approximate surface area is 135 Å². The summed E-state index contributed by atoms with van der Waals surface area (Å²) >= 11 is 0. The Morgan fingerprint density at radius 2 is 2.09 bits per heavy atom. The van der Waals surface area contributed by atoms with Gasteiger partial charge in [0.2, 0.25) is 0 Å².